The molecule has 0 saturated heterocycles. The molecule has 4 aromatic rings. The molecule has 0 nitrogen and oxygen atoms in total. The zero-order valence-corrected chi connectivity index (χ0v) is 15.0. The van der Waals surface area contributed by atoms with Crippen molar-refractivity contribution in [1.82, 2.24) is 0 Å². The minimum atomic E-state index is 1.07. The maximum atomic E-state index is 2.38. The Balaban J connectivity index is 1.60. The molecular formula is C27H18. The molecule has 3 aliphatic carbocycles. The van der Waals surface area contributed by atoms with Crippen LogP contribution in [0.4, 0.5) is 0 Å². The van der Waals surface area contributed by atoms with Gasteiger partial charge in [0.15, 0.2) is 0 Å². The van der Waals surface area contributed by atoms with E-state index in [4.69, 9.17) is 0 Å². The highest BCUT2D eigenvalue weighted by molar-refractivity contribution is 6.02. The standard InChI is InChI=1S/C27H18/c1-3-7-22-16(5-1)13-18-9-11-20-15-21-12-10-19-14-17-6-2-4-8-23(17)25(19)27(21)26(20)24(18)22/h1-12H,13-15H2. The summed E-state index contributed by atoms with van der Waals surface area (Å²) in [4.78, 5) is 0. The number of hydrogen-bond acceptors (Lipinski definition) is 0. The maximum absolute atomic E-state index is 2.38. The molecule has 4 aromatic carbocycles. The van der Waals surface area contributed by atoms with Gasteiger partial charge in [-0.15, -0.1) is 0 Å². The second kappa shape index (κ2) is 4.78. The SMILES string of the molecule is c1ccc2c(c1)Cc1ccc3c(c1-2)-c1c(ccc2c1-c1ccccc1C2)C3. The molecule has 3 aliphatic rings. The van der Waals surface area contributed by atoms with Crippen LogP contribution in [0.2, 0.25) is 0 Å². The molecule has 0 amide bonds. The summed E-state index contributed by atoms with van der Waals surface area (Å²) in [6.07, 6.45) is 3.20. The van der Waals surface area contributed by atoms with Crippen LogP contribution in [0.15, 0.2) is 72.8 Å². The Morgan fingerprint density at radius 1 is 0.333 bits per heavy atom. The van der Waals surface area contributed by atoms with Gasteiger partial charge >= 0.3 is 0 Å². The fraction of sp³-hybridized carbons (Fsp3) is 0.111. The van der Waals surface area contributed by atoms with Crippen LogP contribution in [0.5, 0.6) is 0 Å². The van der Waals surface area contributed by atoms with E-state index in [1.165, 1.54) is 66.8 Å². The van der Waals surface area contributed by atoms with E-state index in [1.54, 1.807) is 0 Å². The molecule has 0 fully saturated rings. The first-order chi connectivity index (χ1) is 13.4. The third-order valence-corrected chi connectivity index (χ3v) is 6.72. The lowest BCUT2D eigenvalue weighted by atomic mass is 9.89. The van der Waals surface area contributed by atoms with Crippen LogP contribution in [0.25, 0.3) is 33.4 Å². The number of hydrogen-bond donors (Lipinski definition) is 0. The molecule has 0 heterocycles. The summed E-state index contributed by atoms with van der Waals surface area (Å²) >= 11 is 0. The first kappa shape index (κ1) is 14.0. The molecule has 0 atom stereocenters. The molecule has 0 unspecified atom stereocenters. The zero-order chi connectivity index (χ0) is 17.5. The monoisotopic (exact) mass is 342 g/mol. The van der Waals surface area contributed by atoms with Gasteiger partial charge in [-0.25, -0.2) is 0 Å². The highest BCUT2D eigenvalue weighted by atomic mass is 14.4. The predicted octanol–water partition coefficient (Wildman–Crippen LogP) is 6.40. The molecular weight excluding hydrogens is 324 g/mol. The minimum absolute atomic E-state index is 1.07. The van der Waals surface area contributed by atoms with Crippen molar-refractivity contribution in [1.29, 1.82) is 0 Å². The highest BCUT2D eigenvalue weighted by Gasteiger charge is 2.33. The summed E-state index contributed by atoms with van der Waals surface area (Å²) in [5.74, 6) is 0. The lowest BCUT2D eigenvalue weighted by Crippen LogP contribution is -1.90. The molecule has 126 valence electrons. The average Bonchev–Trinajstić information content (AvgIpc) is 3.37. The predicted molar refractivity (Wildman–Crippen MR) is 111 cm³/mol. The van der Waals surface area contributed by atoms with Crippen molar-refractivity contribution in [3.63, 3.8) is 0 Å². The summed E-state index contributed by atoms with van der Waals surface area (Å²) in [5, 5.41) is 0. The van der Waals surface area contributed by atoms with Crippen molar-refractivity contribution in [2.45, 2.75) is 19.3 Å². The Morgan fingerprint density at radius 2 is 0.704 bits per heavy atom. The number of rotatable bonds is 0. The van der Waals surface area contributed by atoms with E-state index in [1.807, 2.05) is 0 Å². The van der Waals surface area contributed by atoms with Gasteiger partial charge in [-0.3, -0.25) is 0 Å². The Kier molecular flexibility index (Phi) is 2.48. The van der Waals surface area contributed by atoms with Crippen LogP contribution >= 0.6 is 0 Å². The minimum Gasteiger partial charge on any atom is -0.0619 e. The van der Waals surface area contributed by atoms with Crippen molar-refractivity contribution in [2.24, 2.45) is 0 Å². The van der Waals surface area contributed by atoms with E-state index in [2.05, 4.69) is 72.8 Å². The smallest absolute Gasteiger partial charge is 0.00130 e. The van der Waals surface area contributed by atoms with E-state index in [0.717, 1.165) is 19.3 Å². The van der Waals surface area contributed by atoms with E-state index in [-0.39, 0.29) is 0 Å². The molecule has 0 radical (unpaired) electrons. The van der Waals surface area contributed by atoms with Gasteiger partial charge in [0.2, 0.25) is 0 Å². The van der Waals surface area contributed by atoms with Crippen molar-refractivity contribution < 1.29 is 0 Å². The lowest BCUT2D eigenvalue weighted by molar-refractivity contribution is 1.22. The number of benzene rings is 4. The van der Waals surface area contributed by atoms with Crippen LogP contribution < -0.4 is 0 Å². The van der Waals surface area contributed by atoms with Crippen molar-refractivity contribution >= 4 is 0 Å². The Labute approximate surface area is 159 Å². The molecule has 7 rings (SSSR count). The van der Waals surface area contributed by atoms with Crippen molar-refractivity contribution in [3.8, 4) is 33.4 Å². The molecule has 27 heavy (non-hydrogen) atoms. The lowest BCUT2D eigenvalue weighted by Gasteiger charge is -2.14. The second-order valence-electron chi connectivity index (χ2n) is 8.11. The molecule has 0 N–H and O–H groups in total. The molecule has 0 bridgehead atoms. The van der Waals surface area contributed by atoms with Gasteiger partial charge in [0, 0.05) is 0 Å². The van der Waals surface area contributed by atoms with Gasteiger partial charge in [0.05, 0.1) is 0 Å². The van der Waals surface area contributed by atoms with Crippen LogP contribution in [-0.4, -0.2) is 0 Å². The van der Waals surface area contributed by atoms with Crippen LogP contribution in [0, 0.1) is 0 Å². The van der Waals surface area contributed by atoms with Crippen molar-refractivity contribution in [3.05, 3.63) is 106 Å². The maximum Gasteiger partial charge on any atom is -0.00130 e. The zero-order valence-electron chi connectivity index (χ0n) is 15.0. The van der Waals surface area contributed by atoms with E-state index < -0.39 is 0 Å². The first-order valence-corrected chi connectivity index (χ1v) is 9.85. The third-order valence-electron chi connectivity index (χ3n) is 6.72. The molecule has 0 aliphatic heterocycles. The summed E-state index contributed by atoms with van der Waals surface area (Å²) in [6.45, 7) is 0. The Morgan fingerprint density at radius 3 is 1.19 bits per heavy atom. The van der Waals surface area contributed by atoms with E-state index >= 15 is 0 Å². The van der Waals surface area contributed by atoms with Crippen LogP contribution in [0.1, 0.15) is 33.4 Å². The summed E-state index contributed by atoms with van der Waals surface area (Å²) in [6, 6.07) is 27.4. The summed E-state index contributed by atoms with van der Waals surface area (Å²) in [7, 11) is 0. The largest absolute Gasteiger partial charge is 0.0619 e. The Bertz CT molecular complexity index is 1190. The van der Waals surface area contributed by atoms with Gasteiger partial charge in [-0.2, -0.15) is 0 Å². The Hall–Kier alpha value is -3.12. The normalized spacial score (nSPS) is 14.2. The topological polar surface area (TPSA) is 0 Å². The molecule has 0 spiro atoms. The quantitative estimate of drug-likeness (QED) is 0.299. The van der Waals surface area contributed by atoms with Gasteiger partial charge < -0.3 is 0 Å². The molecule has 0 aromatic heterocycles. The number of fused-ring (bicyclic) bond motifs is 11. The second-order valence-corrected chi connectivity index (χ2v) is 8.11. The molecule has 0 saturated carbocycles. The molecule has 0 heteroatoms. The fourth-order valence-corrected chi connectivity index (χ4v) is 5.61. The van der Waals surface area contributed by atoms with E-state index in [0.29, 0.717) is 0 Å². The average molecular weight is 342 g/mol. The highest BCUT2D eigenvalue weighted by Crippen LogP contribution is 2.54. The summed E-state index contributed by atoms with van der Waals surface area (Å²) < 4.78 is 0. The summed E-state index contributed by atoms with van der Waals surface area (Å²) in [5.41, 5.74) is 17.8. The van der Waals surface area contributed by atoms with E-state index in [9.17, 15) is 0 Å². The third kappa shape index (κ3) is 1.69. The van der Waals surface area contributed by atoms with Crippen LogP contribution in [0.3, 0.4) is 0 Å². The van der Waals surface area contributed by atoms with Crippen molar-refractivity contribution in [2.75, 3.05) is 0 Å². The van der Waals surface area contributed by atoms with Gasteiger partial charge in [0.1, 0.15) is 0 Å². The van der Waals surface area contributed by atoms with Gasteiger partial charge in [-0.05, 0) is 86.0 Å². The first-order valence-electron chi connectivity index (χ1n) is 9.85. The van der Waals surface area contributed by atoms with Gasteiger partial charge in [-0.1, -0.05) is 72.8 Å². The van der Waals surface area contributed by atoms with Crippen LogP contribution in [-0.2, 0) is 19.3 Å². The van der Waals surface area contributed by atoms with Gasteiger partial charge in [0.25, 0.3) is 0 Å². The fourth-order valence-electron chi connectivity index (χ4n) is 5.61.